The van der Waals surface area contributed by atoms with Crippen molar-refractivity contribution in [1.29, 1.82) is 0 Å². The van der Waals surface area contributed by atoms with Gasteiger partial charge in [-0.05, 0) is 51.1 Å². The molecule has 0 amide bonds. The van der Waals surface area contributed by atoms with Crippen molar-refractivity contribution in [2.24, 2.45) is 0 Å². The Morgan fingerprint density at radius 1 is 1.14 bits per heavy atom. The first kappa shape index (κ1) is 29.6. The Kier molecular flexibility index (Phi) is 6.84. The van der Waals surface area contributed by atoms with E-state index in [-0.39, 0.29) is 47.9 Å². The molecule has 236 valence electrons. The van der Waals surface area contributed by atoms with Crippen LogP contribution in [-0.2, 0) is 26.3 Å². The van der Waals surface area contributed by atoms with Crippen molar-refractivity contribution in [1.82, 2.24) is 9.80 Å². The first-order valence-electron chi connectivity index (χ1n) is 15.3. The third-order valence-corrected chi connectivity index (χ3v) is 11.5. The van der Waals surface area contributed by atoms with Crippen molar-refractivity contribution in [3.05, 3.63) is 39.4 Å². The van der Waals surface area contributed by atoms with Crippen LogP contribution in [0.25, 0.3) is 0 Å². The number of thioether (sulfide) groups is 1. The predicted octanol–water partition coefficient (Wildman–Crippen LogP) is 4.68. The summed E-state index contributed by atoms with van der Waals surface area (Å²) >= 11 is 1.69. The third kappa shape index (κ3) is 3.75. The number of rotatable bonds is 5. The zero-order chi connectivity index (χ0) is 31.4. The molecular weight excluding hydrogens is 584 g/mol. The lowest BCUT2D eigenvalue weighted by Crippen LogP contribution is -2.71. The molecule has 5 aliphatic rings. The lowest BCUT2D eigenvalue weighted by atomic mass is 9.70. The Labute approximate surface area is 261 Å². The van der Waals surface area contributed by atoms with Gasteiger partial charge in [-0.3, -0.25) is 19.4 Å². The number of aryl methyl sites for hydroxylation is 1. The predicted molar refractivity (Wildman–Crippen MR) is 164 cm³/mol. The number of fused-ring (bicyclic) bond motifs is 11. The average Bonchev–Trinajstić information content (AvgIpc) is 3.40. The molecule has 2 aromatic carbocycles. The fraction of sp³-hybridized carbons (Fsp3) is 0.576. The SMILES string of the molecule is CCN1[C@@H]2c3c(cc(C)c(OC)c3O)C[C@H]1[C@H](C)N1C2[C@H](SC)c2c(OC(C)=O)c(C)c3c(c2C12C[C@H]2OC(C)=O)OCO3. The Morgan fingerprint density at radius 3 is 2.50 bits per heavy atom. The number of likely N-dealkylation sites (N-methyl/N-ethyl adjacent to an activating group) is 1. The molecule has 7 atom stereocenters. The number of ether oxygens (including phenoxy) is 5. The van der Waals surface area contributed by atoms with Crippen LogP contribution in [0.1, 0.15) is 78.8 Å². The van der Waals surface area contributed by atoms with Crippen molar-refractivity contribution >= 4 is 23.7 Å². The standard InChI is InChI=1S/C33H40N2O8S/c1-9-34-20-11-19-10-14(2)28(39-7)27(38)22(19)25(34)26-32(44-8)23-24(33(35(26)16(20)4)12-21(33)42-17(5)36)31-30(40-13-41-31)15(3)29(23)43-18(6)37/h10,16,20-21,25-26,32,38H,9,11-13H2,1-8H3/t16-,20-,21+,25+,26?,32+,33?/m0/s1. The van der Waals surface area contributed by atoms with Gasteiger partial charge in [-0.25, -0.2) is 0 Å². The molecule has 2 bridgehead atoms. The molecule has 1 saturated carbocycles. The quantitative estimate of drug-likeness (QED) is 0.370. The average molecular weight is 625 g/mol. The molecule has 0 radical (unpaired) electrons. The molecule has 1 N–H and O–H groups in total. The van der Waals surface area contributed by atoms with Crippen molar-refractivity contribution in [2.75, 3.05) is 26.7 Å². The molecule has 2 unspecified atom stereocenters. The van der Waals surface area contributed by atoms with E-state index < -0.39 is 17.6 Å². The van der Waals surface area contributed by atoms with E-state index in [1.807, 2.05) is 13.8 Å². The van der Waals surface area contributed by atoms with Crippen LogP contribution in [0.5, 0.6) is 28.7 Å². The maximum absolute atomic E-state index is 12.6. The molecule has 7 rings (SSSR count). The van der Waals surface area contributed by atoms with E-state index >= 15 is 0 Å². The monoisotopic (exact) mass is 624 g/mol. The summed E-state index contributed by atoms with van der Waals surface area (Å²) in [6, 6.07) is 1.96. The minimum atomic E-state index is -0.726. The van der Waals surface area contributed by atoms with Crippen LogP contribution >= 0.6 is 11.8 Å². The molecule has 10 nitrogen and oxygen atoms in total. The van der Waals surface area contributed by atoms with Crippen molar-refractivity contribution in [3.8, 4) is 28.7 Å². The van der Waals surface area contributed by atoms with E-state index in [4.69, 9.17) is 23.7 Å². The second-order valence-corrected chi connectivity index (χ2v) is 13.6. The van der Waals surface area contributed by atoms with Gasteiger partial charge < -0.3 is 28.8 Å². The summed E-state index contributed by atoms with van der Waals surface area (Å²) in [6.45, 7) is 12.0. The van der Waals surface area contributed by atoms with Gasteiger partial charge in [-0.15, -0.1) is 0 Å². The van der Waals surface area contributed by atoms with Gasteiger partial charge in [0, 0.05) is 60.6 Å². The number of piperazine rings is 1. The van der Waals surface area contributed by atoms with Crippen LogP contribution in [0.3, 0.4) is 0 Å². The van der Waals surface area contributed by atoms with Gasteiger partial charge in [0.2, 0.25) is 6.79 Å². The molecule has 2 aromatic rings. The van der Waals surface area contributed by atoms with Gasteiger partial charge in [0.15, 0.2) is 23.0 Å². The van der Waals surface area contributed by atoms with Crippen LogP contribution in [-0.4, -0.2) is 77.8 Å². The maximum Gasteiger partial charge on any atom is 0.308 e. The lowest BCUT2D eigenvalue weighted by Gasteiger charge is -2.63. The summed E-state index contributed by atoms with van der Waals surface area (Å²) in [7, 11) is 1.59. The zero-order valence-electron chi connectivity index (χ0n) is 26.5. The highest BCUT2D eigenvalue weighted by molar-refractivity contribution is 7.98. The van der Waals surface area contributed by atoms with E-state index in [1.54, 1.807) is 18.9 Å². The van der Waals surface area contributed by atoms with Gasteiger partial charge in [0.05, 0.1) is 23.9 Å². The highest BCUT2D eigenvalue weighted by atomic mass is 32.2. The number of benzene rings is 2. The highest BCUT2D eigenvalue weighted by Crippen LogP contribution is 2.71. The molecule has 11 heteroatoms. The topological polar surface area (TPSA) is 107 Å². The largest absolute Gasteiger partial charge is 0.504 e. The first-order valence-corrected chi connectivity index (χ1v) is 16.6. The summed E-state index contributed by atoms with van der Waals surface area (Å²) in [5.41, 5.74) is 4.64. The van der Waals surface area contributed by atoms with Gasteiger partial charge in [0.1, 0.15) is 11.9 Å². The van der Waals surface area contributed by atoms with E-state index in [0.29, 0.717) is 35.0 Å². The number of methoxy groups -OCH3 is 1. The first-order chi connectivity index (χ1) is 21.0. The van der Waals surface area contributed by atoms with Gasteiger partial charge in [0.25, 0.3) is 0 Å². The van der Waals surface area contributed by atoms with Crippen LogP contribution in [0, 0.1) is 13.8 Å². The van der Waals surface area contributed by atoms with E-state index in [2.05, 4.69) is 36.0 Å². The Morgan fingerprint density at radius 2 is 1.86 bits per heavy atom. The number of hydrogen-bond donors (Lipinski definition) is 1. The van der Waals surface area contributed by atoms with E-state index in [1.165, 1.54) is 13.8 Å². The summed E-state index contributed by atoms with van der Waals surface area (Å²) in [5, 5.41) is 11.7. The minimum absolute atomic E-state index is 0.0497. The van der Waals surface area contributed by atoms with Gasteiger partial charge >= 0.3 is 11.9 Å². The second-order valence-electron chi connectivity index (χ2n) is 12.6. The Bertz CT molecular complexity index is 1590. The minimum Gasteiger partial charge on any atom is -0.504 e. The zero-order valence-corrected chi connectivity index (χ0v) is 27.3. The molecule has 0 aromatic heterocycles. The van der Waals surface area contributed by atoms with Crippen molar-refractivity contribution in [2.45, 2.75) is 95.4 Å². The van der Waals surface area contributed by atoms with E-state index in [9.17, 15) is 14.7 Å². The molecule has 4 aliphatic heterocycles. The number of carbonyl (C=O) groups is 2. The number of phenols is 1. The summed E-state index contributed by atoms with van der Waals surface area (Å²) in [5.74, 6) is 1.56. The molecule has 1 saturated heterocycles. The molecule has 1 spiro atoms. The van der Waals surface area contributed by atoms with Crippen LogP contribution < -0.4 is 18.9 Å². The number of phenolic OH excluding ortho intramolecular Hbond substituents is 1. The highest BCUT2D eigenvalue weighted by Gasteiger charge is 2.73. The normalized spacial score (nSPS) is 31.2. The number of esters is 2. The second kappa shape index (κ2) is 10.2. The summed E-state index contributed by atoms with van der Waals surface area (Å²) in [4.78, 5) is 30.2. The van der Waals surface area contributed by atoms with Crippen molar-refractivity contribution in [3.63, 3.8) is 0 Å². The fourth-order valence-corrected chi connectivity index (χ4v) is 10.1. The number of hydrogen-bond acceptors (Lipinski definition) is 11. The Hall–Kier alpha value is -3.15. The van der Waals surface area contributed by atoms with Crippen LogP contribution in [0.15, 0.2) is 6.07 Å². The number of nitrogens with zero attached hydrogens (tertiary/aromatic N) is 2. The smallest absolute Gasteiger partial charge is 0.308 e. The molecular formula is C33H40N2O8S. The number of aromatic hydroxyl groups is 1. The van der Waals surface area contributed by atoms with E-state index in [0.717, 1.165) is 40.8 Å². The van der Waals surface area contributed by atoms with Crippen molar-refractivity contribution < 1.29 is 38.4 Å². The third-order valence-electron chi connectivity index (χ3n) is 10.5. The molecule has 1 aliphatic carbocycles. The lowest BCUT2D eigenvalue weighted by molar-refractivity contribution is -0.148. The van der Waals surface area contributed by atoms with Crippen LogP contribution in [0.4, 0.5) is 0 Å². The summed E-state index contributed by atoms with van der Waals surface area (Å²) in [6.07, 6.45) is 2.98. The van der Waals surface area contributed by atoms with Gasteiger partial charge in [-0.2, -0.15) is 11.8 Å². The number of carbonyl (C=O) groups excluding carboxylic acids is 2. The van der Waals surface area contributed by atoms with Crippen LogP contribution in [0.2, 0.25) is 0 Å². The Balaban J connectivity index is 1.57. The molecule has 4 heterocycles. The summed E-state index contributed by atoms with van der Waals surface area (Å²) < 4.78 is 30.0. The maximum atomic E-state index is 12.6. The molecule has 2 fully saturated rings. The van der Waals surface area contributed by atoms with Gasteiger partial charge in [-0.1, -0.05) is 13.0 Å². The molecule has 44 heavy (non-hydrogen) atoms. The fourth-order valence-electron chi connectivity index (χ4n) is 9.05.